The Balaban J connectivity index is 1.31. The van der Waals surface area contributed by atoms with Crippen molar-refractivity contribution in [1.82, 2.24) is 0 Å². The Morgan fingerprint density at radius 1 is 1.11 bits per heavy atom. The Morgan fingerprint density at radius 2 is 1.92 bits per heavy atom. The van der Waals surface area contributed by atoms with E-state index < -0.39 is 5.60 Å². The smallest absolute Gasteiger partial charge is 0.343 e. The lowest BCUT2D eigenvalue weighted by Gasteiger charge is -2.56. The second-order valence-electron chi connectivity index (χ2n) is 12.4. The van der Waals surface area contributed by atoms with Crippen molar-refractivity contribution in [3.8, 4) is 5.75 Å². The van der Waals surface area contributed by atoms with Crippen molar-refractivity contribution < 1.29 is 19.7 Å². The van der Waals surface area contributed by atoms with Crippen LogP contribution in [0.4, 0.5) is 0 Å². The number of rotatable bonds is 4. The van der Waals surface area contributed by atoms with Gasteiger partial charge in [-0.2, -0.15) is 0 Å². The predicted octanol–water partition coefficient (Wildman–Crippen LogP) is 6.29. The van der Waals surface area contributed by atoms with Gasteiger partial charge in [-0.15, -0.1) is 0 Å². The third-order valence-corrected chi connectivity index (χ3v) is 10.7. The van der Waals surface area contributed by atoms with E-state index in [-0.39, 0.29) is 17.5 Å². The molecule has 4 heteroatoms. The molecule has 0 radical (unpaired) electrons. The fourth-order valence-corrected chi connectivity index (χ4v) is 9.10. The lowest BCUT2D eigenvalue weighted by molar-refractivity contribution is -0.160. The number of fused-ring (bicyclic) bond motifs is 7. The van der Waals surface area contributed by atoms with Crippen molar-refractivity contribution in [1.29, 1.82) is 0 Å². The topological polar surface area (TPSA) is 66.8 Å². The molecule has 4 aliphatic rings. The first kappa shape index (κ1) is 24.2. The van der Waals surface area contributed by atoms with Gasteiger partial charge in [0.1, 0.15) is 5.75 Å². The number of esters is 1. The molecule has 6 rings (SSSR count). The zero-order valence-corrected chi connectivity index (χ0v) is 21.7. The zero-order valence-electron chi connectivity index (χ0n) is 21.7. The maximum Gasteiger partial charge on any atom is 0.343 e. The van der Waals surface area contributed by atoms with Crippen molar-refractivity contribution in [3.05, 3.63) is 65.2 Å². The minimum atomic E-state index is -0.729. The minimum absolute atomic E-state index is 0.116. The fraction of sp³-hybridized carbons (Fsp3) is 0.594. The number of benzene rings is 2. The van der Waals surface area contributed by atoms with Crippen LogP contribution in [-0.2, 0) is 6.42 Å². The van der Waals surface area contributed by atoms with Crippen LogP contribution in [0, 0.1) is 29.1 Å². The average Bonchev–Trinajstić information content (AvgIpc) is 3.10. The summed E-state index contributed by atoms with van der Waals surface area (Å²) in [4.78, 5) is 12.7. The van der Waals surface area contributed by atoms with Gasteiger partial charge in [-0.05, 0) is 109 Å². The first-order chi connectivity index (χ1) is 17.3. The molecule has 3 saturated carbocycles. The molecule has 0 aliphatic heterocycles. The predicted molar refractivity (Wildman–Crippen MR) is 140 cm³/mol. The summed E-state index contributed by atoms with van der Waals surface area (Å²) in [6.07, 6.45) is 8.52. The molecule has 0 saturated heterocycles. The molecule has 192 valence electrons. The van der Waals surface area contributed by atoms with E-state index in [9.17, 15) is 15.0 Å². The van der Waals surface area contributed by atoms with E-state index in [1.807, 2.05) is 24.3 Å². The average molecular weight is 489 g/mol. The van der Waals surface area contributed by atoms with E-state index in [2.05, 4.69) is 26.0 Å². The summed E-state index contributed by atoms with van der Waals surface area (Å²) >= 11 is 0. The van der Waals surface area contributed by atoms with Gasteiger partial charge >= 0.3 is 5.97 Å². The van der Waals surface area contributed by atoms with E-state index >= 15 is 0 Å². The van der Waals surface area contributed by atoms with Gasteiger partial charge in [-0.1, -0.05) is 51.0 Å². The fourth-order valence-electron chi connectivity index (χ4n) is 9.10. The Morgan fingerprint density at radius 3 is 2.69 bits per heavy atom. The van der Waals surface area contributed by atoms with Crippen molar-refractivity contribution in [2.45, 2.75) is 89.3 Å². The van der Waals surface area contributed by atoms with Crippen LogP contribution in [0.25, 0.3) is 0 Å². The molecule has 0 aromatic heterocycles. The van der Waals surface area contributed by atoms with Crippen LogP contribution in [0.15, 0.2) is 48.5 Å². The minimum Gasteiger partial charge on any atom is -0.423 e. The van der Waals surface area contributed by atoms with E-state index in [1.54, 1.807) is 12.1 Å². The Hall–Kier alpha value is -2.17. The van der Waals surface area contributed by atoms with Crippen molar-refractivity contribution in [2.24, 2.45) is 29.1 Å². The quantitative estimate of drug-likeness (QED) is 0.392. The summed E-state index contributed by atoms with van der Waals surface area (Å²) < 4.78 is 5.77. The number of hydrogen-bond acceptors (Lipinski definition) is 4. The molecule has 2 aromatic carbocycles. The molecule has 0 bridgehead atoms. The highest BCUT2D eigenvalue weighted by Gasteiger charge is 2.67. The highest BCUT2D eigenvalue weighted by atomic mass is 16.5. The van der Waals surface area contributed by atoms with Crippen LogP contribution in [0.5, 0.6) is 5.75 Å². The van der Waals surface area contributed by atoms with Crippen LogP contribution in [0.1, 0.15) is 92.6 Å². The van der Waals surface area contributed by atoms with Crippen LogP contribution in [0.3, 0.4) is 0 Å². The van der Waals surface area contributed by atoms with Crippen molar-refractivity contribution in [3.63, 3.8) is 0 Å². The summed E-state index contributed by atoms with van der Waals surface area (Å²) in [6, 6.07) is 15.5. The molecule has 4 aliphatic carbocycles. The van der Waals surface area contributed by atoms with Crippen LogP contribution >= 0.6 is 0 Å². The molecular weight excluding hydrogens is 448 g/mol. The van der Waals surface area contributed by atoms with Gasteiger partial charge < -0.3 is 14.9 Å². The summed E-state index contributed by atoms with van der Waals surface area (Å²) in [5.74, 6) is 2.77. The number of aliphatic hydroxyl groups excluding tert-OH is 1. The summed E-state index contributed by atoms with van der Waals surface area (Å²) in [6.45, 7) is 4.62. The van der Waals surface area contributed by atoms with Gasteiger partial charge in [-0.3, -0.25) is 0 Å². The Bertz CT molecular complexity index is 1130. The molecular formula is C32H40O4. The molecule has 4 nitrogen and oxygen atoms in total. The van der Waals surface area contributed by atoms with E-state index in [0.717, 1.165) is 44.9 Å². The maximum atomic E-state index is 12.7. The third-order valence-electron chi connectivity index (χ3n) is 10.7. The first-order valence-electron chi connectivity index (χ1n) is 14.1. The van der Waals surface area contributed by atoms with Gasteiger partial charge in [0.15, 0.2) is 0 Å². The third kappa shape index (κ3) is 3.67. The van der Waals surface area contributed by atoms with Gasteiger partial charge in [0.25, 0.3) is 0 Å². The Kier molecular flexibility index (Phi) is 6.04. The number of aliphatic hydroxyl groups is 2. The number of hydrogen-bond donors (Lipinski definition) is 2. The van der Waals surface area contributed by atoms with Crippen molar-refractivity contribution >= 4 is 5.97 Å². The van der Waals surface area contributed by atoms with E-state index in [4.69, 9.17) is 4.74 Å². The second kappa shape index (κ2) is 8.99. The monoisotopic (exact) mass is 488 g/mol. The van der Waals surface area contributed by atoms with Crippen LogP contribution in [-0.4, -0.2) is 27.9 Å². The standard InChI is InChI=1S/C32H40O4/c1-3-7-21-16-22-17-25(36-30(34)20-8-5-4-6-9-20)12-13-26(22)27-14-15-31(2)28(29(21)27)18-23-10-11-24(33)19-32(23,31)35/h4-6,8-9,12-13,17,21,23-24,27-29,33,35H,3,7,10-11,14-16,18-19H2,1-2H3/t21?,23-,24+,27?,28?,29?,31+,32+/m1/s1. The molecule has 0 spiro atoms. The van der Waals surface area contributed by atoms with E-state index in [0.29, 0.717) is 47.3 Å². The maximum absolute atomic E-state index is 12.7. The Labute approximate surface area is 215 Å². The molecule has 8 atom stereocenters. The largest absolute Gasteiger partial charge is 0.423 e. The van der Waals surface area contributed by atoms with Crippen molar-refractivity contribution in [2.75, 3.05) is 0 Å². The molecule has 3 fully saturated rings. The van der Waals surface area contributed by atoms with Gasteiger partial charge in [0.05, 0.1) is 17.3 Å². The highest BCUT2D eigenvalue weighted by molar-refractivity contribution is 5.91. The SMILES string of the molecule is CCCC1Cc2cc(OC(=O)c3ccccc3)ccc2C2CC[C@@]3(C)C(C[C@H]4CC[C@H](O)C[C@]43O)C12. The summed E-state index contributed by atoms with van der Waals surface area (Å²) in [7, 11) is 0. The lowest BCUT2D eigenvalue weighted by atomic mass is 9.49. The second-order valence-corrected chi connectivity index (χ2v) is 12.4. The molecule has 36 heavy (non-hydrogen) atoms. The van der Waals surface area contributed by atoms with Gasteiger partial charge in [-0.25, -0.2) is 4.79 Å². The molecule has 4 unspecified atom stereocenters. The van der Waals surface area contributed by atoms with E-state index in [1.165, 1.54) is 17.5 Å². The number of carbonyl (C=O) groups excluding carboxylic acids is 1. The first-order valence-corrected chi connectivity index (χ1v) is 14.1. The van der Waals surface area contributed by atoms with Gasteiger partial charge in [0.2, 0.25) is 0 Å². The molecule has 2 aromatic rings. The molecule has 0 amide bonds. The molecule has 0 heterocycles. The summed E-state index contributed by atoms with van der Waals surface area (Å²) in [5.41, 5.74) is 2.48. The lowest BCUT2D eigenvalue weighted by Crippen LogP contribution is -2.56. The number of carbonyl (C=O) groups is 1. The number of ether oxygens (including phenoxy) is 1. The molecule has 2 N–H and O–H groups in total. The van der Waals surface area contributed by atoms with Crippen LogP contribution < -0.4 is 4.74 Å². The zero-order chi connectivity index (χ0) is 25.1. The normalized spacial score (nSPS) is 38.9. The summed E-state index contributed by atoms with van der Waals surface area (Å²) in [5, 5.41) is 22.5. The van der Waals surface area contributed by atoms with Crippen LogP contribution in [0.2, 0.25) is 0 Å². The van der Waals surface area contributed by atoms with Gasteiger partial charge in [0, 0.05) is 6.42 Å². The highest BCUT2D eigenvalue weighted by Crippen LogP contribution is 2.69.